The first-order valence-corrected chi connectivity index (χ1v) is 9.88. The quantitative estimate of drug-likeness (QED) is 0.772. The molecule has 154 valence electrons. The van der Waals surface area contributed by atoms with Crippen LogP contribution in [0.2, 0.25) is 0 Å². The van der Waals surface area contributed by atoms with Gasteiger partial charge in [0.25, 0.3) is 5.56 Å². The molecule has 2 aliphatic heterocycles. The van der Waals surface area contributed by atoms with Crippen LogP contribution in [0.5, 0.6) is 5.75 Å². The van der Waals surface area contributed by atoms with Gasteiger partial charge >= 0.3 is 5.97 Å². The van der Waals surface area contributed by atoms with Crippen molar-refractivity contribution in [2.45, 2.75) is 25.6 Å². The van der Waals surface area contributed by atoms with Crippen molar-refractivity contribution in [2.24, 2.45) is 11.8 Å². The van der Waals surface area contributed by atoms with Gasteiger partial charge in [0.2, 0.25) is 0 Å². The van der Waals surface area contributed by atoms with Gasteiger partial charge in [0.05, 0.1) is 26.2 Å². The summed E-state index contributed by atoms with van der Waals surface area (Å²) in [6.07, 6.45) is 0. The molecule has 0 amide bonds. The fourth-order valence-electron chi connectivity index (χ4n) is 5.05. The number of likely N-dealkylation sites (N-methyl/N-ethyl adjacent to an activating group) is 1. The van der Waals surface area contributed by atoms with Crippen molar-refractivity contribution in [1.29, 1.82) is 0 Å². The van der Waals surface area contributed by atoms with Crippen LogP contribution in [-0.4, -0.2) is 54.0 Å². The molecule has 1 N–H and O–H groups in total. The Morgan fingerprint density at radius 2 is 1.90 bits per heavy atom. The average Bonchev–Trinajstić information content (AvgIpc) is 2.99. The SMILES string of the molecule is CCN1[C@@H]2c3ccc(-c4ccc(OC)cc4)c(=O)n3C[C@H]1[C@H](CO)[C@H]2C(=O)OC. The summed E-state index contributed by atoms with van der Waals surface area (Å²) in [5.74, 6) is -0.364. The second-order valence-corrected chi connectivity index (χ2v) is 7.55. The predicted molar refractivity (Wildman–Crippen MR) is 108 cm³/mol. The van der Waals surface area contributed by atoms with Crippen LogP contribution in [0.3, 0.4) is 0 Å². The maximum atomic E-state index is 13.4. The van der Waals surface area contributed by atoms with E-state index >= 15 is 0 Å². The normalized spacial score (nSPS) is 25.5. The summed E-state index contributed by atoms with van der Waals surface area (Å²) in [5.41, 5.74) is 2.15. The highest BCUT2D eigenvalue weighted by atomic mass is 16.5. The van der Waals surface area contributed by atoms with Gasteiger partial charge in [-0.2, -0.15) is 0 Å². The first-order chi connectivity index (χ1) is 14.0. The zero-order valence-corrected chi connectivity index (χ0v) is 16.9. The third-order valence-electron chi connectivity index (χ3n) is 6.41. The average molecular weight is 398 g/mol. The number of carbonyl (C=O) groups excluding carboxylic acids is 1. The molecule has 0 aliphatic carbocycles. The van der Waals surface area contributed by atoms with Crippen LogP contribution in [0.25, 0.3) is 11.1 Å². The van der Waals surface area contributed by atoms with Crippen molar-refractivity contribution < 1.29 is 19.4 Å². The third kappa shape index (κ3) is 2.96. The molecule has 0 unspecified atom stereocenters. The number of ether oxygens (including phenoxy) is 2. The standard InChI is InChI=1S/C22H26N2O5/c1-4-23-18-11-24-17(20(23)19(16(18)12-25)22(27)29-3)10-9-15(21(24)26)13-5-7-14(28-2)8-6-13/h5-10,16,18-20,25H,4,11-12H2,1-3H3/t16-,18-,19+,20+/m0/s1. The highest BCUT2D eigenvalue weighted by Gasteiger charge is 2.55. The third-order valence-corrected chi connectivity index (χ3v) is 6.41. The van der Waals surface area contributed by atoms with Crippen LogP contribution in [0.15, 0.2) is 41.2 Å². The van der Waals surface area contributed by atoms with E-state index in [1.54, 1.807) is 11.7 Å². The number of aliphatic hydroxyl groups is 1. The van der Waals surface area contributed by atoms with Crippen molar-refractivity contribution in [3.05, 3.63) is 52.4 Å². The van der Waals surface area contributed by atoms with Crippen LogP contribution in [0, 0.1) is 11.8 Å². The Labute approximate surface area is 169 Å². The molecule has 0 saturated carbocycles. The van der Waals surface area contributed by atoms with Gasteiger partial charge < -0.3 is 19.1 Å². The number of aliphatic hydroxyl groups excluding tert-OH is 1. The van der Waals surface area contributed by atoms with E-state index in [-0.39, 0.29) is 36.1 Å². The van der Waals surface area contributed by atoms with Gasteiger partial charge in [-0.15, -0.1) is 0 Å². The van der Waals surface area contributed by atoms with Crippen LogP contribution < -0.4 is 10.3 Å². The topological polar surface area (TPSA) is 81.0 Å². The number of hydrogen-bond donors (Lipinski definition) is 1. The number of benzene rings is 1. The van der Waals surface area contributed by atoms with Crippen LogP contribution >= 0.6 is 0 Å². The molecule has 3 heterocycles. The molecule has 2 aromatic rings. The molecule has 1 aromatic carbocycles. The fraction of sp³-hybridized carbons (Fsp3) is 0.455. The monoisotopic (exact) mass is 398 g/mol. The maximum absolute atomic E-state index is 13.4. The summed E-state index contributed by atoms with van der Waals surface area (Å²) in [7, 11) is 2.97. The lowest BCUT2D eigenvalue weighted by atomic mass is 9.87. The predicted octanol–water partition coefficient (Wildman–Crippen LogP) is 1.68. The summed E-state index contributed by atoms with van der Waals surface area (Å²) in [6.45, 7) is 3.09. The zero-order valence-electron chi connectivity index (χ0n) is 16.9. The molecule has 1 saturated heterocycles. The minimum atomic E-state index is -0.491. The number of pyridine rings is 1. The molecule has 1 aromatic heterocycles. The van der Waals surface area contributed by atoms with Crippen molar-refractivity contribution in [2.75, 3.05) is 27.4 Å². The first-order valence-electron chi connectivity index (χ1n) is 9.88. The molecule has 2 aliphatic rings. The largest absolute Gasteiger partial charge is 0.497 e. The van der Waals surface area contributed by atoms with Gasteiger partial charge in [-0.05, 0) is 36.4 Å². The lowest BCUT2D eigenvalue weighted by Gasteiger charge is -2.37. The maximum Gasteiger partial charge on any atom is 0.311 e. The molecular formula is C22H26N2O5. The van der Waals surface area contributed by atoms with E-state index in [0.717, 1.165) is 23.6 Å². The molecule has 0 spiro atoms. The number of esters is 1. The summed E-state index contributed by atoms with van der Waals surface area (Å²) in [6, 6.07) is 10.8. The van der Waals surface area contributed by atoms with E-state index in [1.165, 1.54) is 7.11 Å². The van der Waals surface area contributed by atoms with Crippen LogP contribution in [0.4, 0.5) is 0 Å². The summed E-state index contributed by atoms with van der Waals surface area (Å²) >= 11 is 0. The van der Waals surface area contributed by atoms with Crippen LogP contribution in [0.1, 0.15) is 18.7 Å². The van der Waals surface area contributed by atoms with E-state index in [0.29, 0.717) is 12.1 Å². The van der Waals surface area contributed by atoms with Gasteiger partial charge in [0.1, 0.15) is 5.75 Å². The molecule has 4 rings (SSSR count). The number of fused-ring (bicyclic) bond motifs is 4. The highest BCUT2D eigenvalue weighted by Crippen LogP contribution is 2.48. The van der Waals surface area contributed by atoms with Crippen molar-refractivity contribution in [1.82, 2.24) is 9.47 Å². The summed E-state index contributed by atoms with van der Waals surface area (Å²) < 4.78 is 12.0. The second kappa shape index (κ2) is 7.65. The summed E-state index contributed by atoms with van der Waals surface area (Å²) in [5, 5.41) is 10.0. The molecule has 1 fully saturated rings. The number of carbonyl (C=O) groups is 1. The first kappa shape index (κ1) is 19.7. The van der Waals surface area contributed by atoms with E-state index < -0.39 is 5.92 Å². The number of methoxy groups -OCH3 is 2. The molecule has 0 radical (unpaired) electrons. The van der Waals surface area contributed by atoms with Gasteiger partial charge in [0.15, 0.2) is 0 Å². The Morgan fingerprint density at radius 1 is 1.17 bits per heavy atom. The Morgan fingerprint density at radius 3 is 2.48 bits per heavy atom. The number of aromatic nitrogens is 1. The lowest BCUT2D eigenvalue weighted by Crippen LogP contribution is -2.46. The van der Waals surface area contributed by atoms with Crippen molar-refractivity contribution in [3.8, 4) is 16.9 Å². The van der Waals surface area contributed by atoms with Crippen molar-refractivity contribution in [3.63, 3.8) is 0 Å². The van der Waals surface area contributed by atoms with E-state index in [2.05, 4.69) is 4.90 Å². The van der Waals surface area contributed by atoms with Gasteiger partial charge in [-0.25, -0.2) is 0 Å². The summed E-state index contributed by atoms with van der Waals surface area (Å²) in [4.78, 5) is 28.1. The van der Waals surface area contributed by atoms with Gasteiger partial charge in [-0.1, -0.05) is 19.1 Å². The molecule has 7 heteroatoms. The number of rotatable bonds is 5. The second-order valence-electron chi connectivity index (χ2n) is 7.55. The lowest BCUT2D eigenvalue weighted by molar-refractivity contribution is -0.148. The number of nitrogens with zero attached hydrogens (tertiary/aromatic N) is 2. The number of hydrogen-bond acceptors (Lipinski definition) is 6. The van der Waals surface area contributed by atoms with E-state index in [4.69, 9.17) is 9.47 Å². The Hall–Kier alpha value is -2.64. The van der Waals surface area contributed by atoms with Gasteiger partial charge in [-0.3, -0.25) is 14.5 Å². The van der Waals surface area contributed by atoms with Gasteiger partial charge in [0, 0.05) is 36.4 Å². The molecule has 7 nitrogen and oxygen atoms in total. The van der Waals surface area contributed by atoms with Crippen LogP contribution in [-0.2, 0) is 16.1 Å². The van der Waals surface area contributed by atoms with E-state index in [9.17, 15) is 14.7 Å². The van der Waals surface area contributed by atoms with Crippen molar-refractivity contribution >= 4 is 5.97 Å². The molecule has 4 atom stereocenters. The minimum absolute atomic E-state index is 0.0828. The molecule has 29 heavy (non-hydrogen) atoms. The fourth-order valence-corrected chi connectivity index (χ4v) is 5.05. The minimum Gasteiger partial charge on any atom is -0.497 e. The smallest absolute Gasteiger partial charge is 0.311 e. The Balaban J connectivity index is 1.82. The molecule has 2 bridgehead atoms. The highest BCUT2D eigenvalue weighted by molar-refractivity contribution is 5.75. The molecular weight excluding hydrogens is 372 g/mol. The van der Waals surface area contributed by atoms with E-state index in [1.807, 2.05) is 43.3 Å². The Bertz CT molecular complexity index is 968. The zero-order chi connectivity index (χ0) is 20.7. The Kier molecular flexibility index (Phi) is 5.19.